The van der Waals surface area contributed by atoms with Gasteiger partial charge in [-0.05, 0) is 68.4 Å². The molecule has 0 heterocycles. The molecule has 0 saturated heterocycles. The number of carbonyl (C=O) groups excluding carboxylic acids is 2. The third-order valence-electron chi connectivity index (χ3n) is 5.69. The minimum Gasteiger partial charge on any atom is -0.495 e. The quantitative estimate of drug-likeness (QED) is 0.546. The molecule has 1 N–H and O–H groups in total. The van der Waals surface area contributed by atoms with Crippen molar-refractivity contribution in [2.75, 3.05) is 25.5 Å². The number of nitrogens with one attached hydrogen (secondary N) is 1. The predicted molar refractivity (Wildman–Crippen MR) is 126 cm³/mol. The van der Waals surface area contributed by atoms with Crippen LogP contribution in [0.3, 0.4) is 0 Å². The highest BCUT2D eigenvalue weighted by atomic mass is 16.5. The third-order valence-corrected chi connectivity index (χ3v) is 5.69. The van der Waals surface area contributed by atoms with Crippen LogP contribution in [0.5, 0.6) is 11.5 Å². The van der Waals surface area contributed by atoms with Gasteiger partial charge in [0.05, 0.1) is 25.4 Å². The van der Waals surface area contributed by atoms with Crippen molar-refractivity contribution in [3.8, 4) is 11.5 Å². The molecule has 1 saturated carbocycles. The summed E-state index contributed by atoms with van der Waals surface area (Å²) in [6.07, 6.45) is 6.78. The molecule has 2 amide bonds. The van der Waals surface area contributed by atoms with Gasteiger partial charge in [0.2, 0.25) is 11.8 Å². The maximum Gasteiger partial charge on any atom is 0.244 e. The third kappa shape index (κ3) is 7.01. The molecular formula is C26H34N2O4. The number of anilines is 1. The van der Waals surface area contributed by atoms with Crippen molar-refractivity contribution in [1.29, 1.82) is 0 Å². The maximum atomic E-state index is 12.9. The van der Waals surface area contributed by atoms with Gasteiger partial charge < -0.3 is 19.7 Å². The van der Waals surface area contributed by atoms with Crippen LogP contribution in [0.1, 0.15) is 51.0 Å². The SMILES string of the molecule is CCCN(CC(=O)Nc1ccccc1OC)C(=O)CCc1cccc(OC2CCCC2)c1. The van der Waals surface area contributed by atoms with Gasteiger partial charge in [-0.3, -0.25) is 9.59 Å². The molecule has 0 bridgehead atoms. The summed E-state index contributed by atoms with van der Waals surface area (Å²) < 4.78 is 11.4. The largest absolute Gasteiger partial charge is 0.495 e. The minimum absolute atomic E-state index is 0.0234. The van der Waals surface area contributed by atoms with E-state index in [-0.39, 0.29) is 18.4 Å². The second-order valence-electron chi connectivity index (χ2n) is 8.24. The van der Waals surface area contributed by atoms with Gasteiger partial charge in [-0.2, -0.15) is 0 Å². The number of rotatable bonds is 11. The minimum atomic E-state index is -0.233. The molecular weight excluding hydrogens is 404 g/mol. The van der Waals surface area contributed by atoms with E-state index < -0.39 is 0 Å². The maximum absolute atomic E-state index is 12.9. The van der Waals surface area contributed by atoms with Gasteiger partial charge in [-0.25, -0.2) is 0 Å². The first-order chi connectivity index (χ1) is 15.6. The average Bonchev–Trinajstić information content (AvgIpc) is 3.31. The van der Waals surface area contributed by atoms with Crippen LogP contribution in [0.15, 0.2) is 48.5 Å². The molecule has 0 unspecified atom stereocenters. The summed E-state index contributed by atoms with van der Waals surface area (Å²) in [5, 5.41) is 2.85. The van der Waals surface area contributed by atoms with Crippen molar-refractivity contribution in [1.82, 2.24) is 4.90 Å². The Morgan fingerprint density at radius 1 is 1.09 bits per heavy atom. The number of hydrogen-bond donors (Lipinski definition) is 1. The monoisotopic (exact) mass is 438 g/mol. The van der Waals surface area contributed by atoms with Gasteiger partial charge in [0.15, 0.2) is 0 Å². The molecule has 0 radical (unpaired) electrons. The smallest absolute Gasteiger partial charge is 0.244 e. The molecule has 0 atom stereocenters. The summed E-state index contributed by atoms with van der Waals surface area (Å²) in [6.45, 7) is 2.57. The molecule has 1 aliphatic rings. The lowest BCUT2D eigenvalue weighted by Crippen LogP contribution is -2.38. The Bertz CT molecular complexity index is 893. The summed E-state index contributed by atoms with van der Waals surface area (Å²) in [5.41, 5.74) is 1.67. The van der Waals surface area contributed by atoms with E-state index in [0.717, 1.165) is 30.6 Å². The van der Waals surface area contributed by atoms with E-state index in [1.165, 1.54) is 12.8 Å². The van der Waals surface area contributed by atoms with Gasteiger partial charge in [0, 0.05) is 13.0 Å². The average molecular weight is 439 g/mol. The number of hydrogen-bond acceptors (Lipinski definition) is 4. The van der Waals surface area contributed by atoms with Crippen molar-refractivity contribution in [3.05, 3.63) is 54.1 Å². The van der Waals surface area contributed by atoms with Crippen LogP contribution in [0, 0.1) is 0 Å². The Hall–Kier alpha value is -3.02. The fourth-order valence-corrected chi connectivity index (χ4v) is 4.06. The first kappa shape index (κ1) is 23.6. The van der Waals surface area contributed by atoms with Crippen molar-refractivity contribution < 1.29 is 19.1 Å². The second-order valence-corrected chi connectivity index (χ2v) is 8.24. The Balaban J connectivity index is 1.53. The molecule has 3 rings (SSSR count). The lowest BCUT2D eigenvalue weighted by molar-refractivity contribution is -0.134. The highest BCUT2D eigenvalue weighted by Gasteiger charge is 2.19. The van der Waals surface area contributed by atoms with Crippen molar-refractivity contribution >= 4 is 17.5 Å². The molecule has 1 fully saturated rings. The number of para-hydroxylation sites is 2. The molecule has 0 aromatic heterocycles. The number of carbonyl (C=O) groups is 2. The Morgan fingerprint density at radius 3 is 2.62 bits per heavy atom. The van der Waals surface area contributed by atoms with Crippen molar-refractivity contribution in [2.45, 2.75) is 58.0 Å². The normalized spacial score (nSPS) is 13.6. The Morgan fingerprint density at radius 2 is 1.88 bits per heavy atom. The summed E-state index contributed by atoms with van der Waals surface area (Å²) in [4.78, 5) is 27.1. The van der Waals surface area contributed by atoms with Gasteiger partial charge in [-0.15, -0.1) is 0 Å². The van der Waals surface area contributed by atoms with Crippen LogP contribution in [0.4, 0.5) is 5.69 Å². The van der Waals surface area contributed by atoms with E-state index in [0.29, 0.717) is 36.9 Å². The second kappa shape index (κ2) is 12.1. The molecule has 2 aromatic carbocycles. The van der Waals surface area contributed by atoms with Crippen LogP contribution in [0.25, 0.3) is 0 Å². The first-order valence-corrected chi connectivity index (χ1v) is 11.5. The van der Waals surface area contributed by atoms with Crippen LogP contribution < -0.4 is 14.8 Å². The van der Waals surface area contributed by atoms with Gasteiger partial charge in [-0.1, -0.05) is 31.2 Å². The van der Waals surface area contributed by atoms with Crippen LogP contribution >= 0.6 is 0 Å². The highest BCUT2D eigenvalue weighted by Crippen LogP contribution is 2.25. The van der Waals surface area contributed by atoms with E-state index in [9.17, 15) is 9.59 Å². The lowest BCUT2D eigenvalue weighted by Gasteiger charge is -2.22. The summed E-state index contributed by atoms with van der Waals surface area (Å²) in [6, 6.07) is 15.3. The van der Waals surface area contributed by atoms with E-state index in [1.807, 2.05) is 43.3 Å². The van der Waals surface area contributed by atoms with E-state index >= 15 is 0 Å². The zero-order chi connectivity index (χ0) is 22.8. The van der Waals surface area contributed by atoms with Crippen molar-refractivity contribution in [3.63, 3.8) is 0 Å². The lowest BCUT2D eigenvalue weighted by atomic mass is 10.1. The summed E-state index contributed by atoms with van der Waals surface area (Å²) >= 11 is 0. The highest BCUT2D eigenvalue weighted by molar-refractivity contribution is 5.95. The van der Waals surface area contributed by atoms with Gasteiger partial charge in [0.25, 0.3) is 0 Å². The molecule has 2 aromatic rings. The fraction of sp³-hybridized carbons (Fsp3) is 0.462. The van der Waals surface area contributed by atoms with Gasteiger partial charge >= 0.3 is 0 Å². The topological polar surface area (TPSA) is 67.9 Å². The molecule has 0 aliphatic heterocycles. The molecule has 1 aliphatic carbocycles. The number of methoxy groups -OCH3 is 1. The standard InChI is InChI=1S/C26H34N2O4/c1-3-17-28(19-25(29)27-23-13-6-7-14-24(23)31-2)26(30)16-15-20-9-8-12-22(18-20)32-21-10-4-5-11-21/h6-9,12-14,18,21H,3-5,10-11,15-17,19H2,1-2H3,(H,27,29). The van der Waals surface area contributed by atoms with E-state index in [4.69, 9.17) is 9.47 Å². The molecule has 172 valence electrons. The number of benzene rings is 2. The Labute approximate surface area is 190 Å². The van der Waals surface area contributed by atoms with Crippen molar-refractivity contribution in [2.24, 2.45) is 0 Å². The van der Waals surface area contributed by atoms with E-state index in [2.05, 4.69) is 5.32 Å². The van der Waals surface area contributed by atoms with Gasteiger partial charge in [0.1, 0.15) is 11.5 Å². The number of ether oxygens (including phenoxy) is 2. The Kier molecular flexibility index (Phi) is 8.96. The predicted octanol–water partition coefficient (Wildman–Crippen LogP) is 4.83. The zero-order valence-electron chi connectivity index (χ0n) is 19.1. The molecule has 6 heteroatoms. The summed E-state index contributed by atoms with van der Waals surface area (Å²) in [5.74, 6) is 1.21. The molecule has 6 nitrogen and oxygen atoms in total. The molecule has 0 spiro atoms. The van der Waals surface area contributed by atoms with Crippen LogP contribution in [-0.2, 0) is 16.0 Å². The number of aryl methyl sites for hydroxylation is 1. The number of nitrogens with zero attached hydrogens (tertiary/aromatic N) is 1. The first-order valence-electron chi connectivity index (χ1n) is 11.5. The molecule has 32 heavy (non-hydrogen) atoms. The summed E-state index contributed by atoms with van der Waals surface area (Å²) in [7, 11) is 1.56. The van der Waals surface area contributed by atoms with Crippen LogP contribution in [0.2, 0.25) is 0 Å². The fourth-order valence-electron chi connectivity index (χ4n) is 4.06. The van der Waals surface area contributed by atoms with E-state index in [1.54, 1.807) is 24.1 Å². The zero-order valence-corrected chi connectivity index (χ0v) is 19.1. The van der Waals surface area contributed by atoms with Crippen LogP contribution in [-0.4, -0.2) is 43.0 Å². The number of amides is 2.